The summed E-state index contributed by atoms with van der Waals surface area (Å²) in [6.45, 7) is 3.52. The van der Waals surface area contributed by atoms with E-state index in [1.54, 1.807) is 0 Å². The molecule has 1 unspecified atom stereocenters. The summed E-state index contributed by atoms with van der Waals surface area (Å²) in [5, 5.41) is 4.22. The maximum absolute atomic E-state index is 5.92. The van der Waals surface area contributed by atoms with Crippen LogP contribution in [0.5, 0.6) is 11.5 Å². The van der Waals surface area contributed by atoms with Crippen LogP contribution in [0.2, 0.25) is 5.02 Å². The van der Waals surface area contributed by atoms with Gasteiger partial charge in [-0.1, -0.05) is 23.7 Å². The maximum atomic E-state index is 5.92. The van der Waals surface area contributed by atoms with Gasteiger partial charge in [-0.2, -0.15) is 0 Å². The molecule has 2 aromatic rings. The molecule has 1 atom stereocenters. The van der Waals surface area contributed by atoms with E-state index in [4.69, 9.17) is 21.1 Å². The van der Waals surface area contributed by atoms with Crippen LogP contribution in [0.15, 0.2) is 42.5 Å². The van der Waals surface area contributed by atoms with Gasteiger partial charge >= 0.3 is 0 Å². The molecule has 1 aliphatic rings. The number of fused-ring (bicyclic) bond motifs is 1. The third kappa shape index (κ3) is 3.42. The van der Waals surface area contributed by atoms with Gasteiger partial charge < -0.3 is 14.8 Å². The van der Waals surface area contributed by atoms with E-state index in [2.05, 4.69) is 12.2 Å². The number of anilines is 1. The van der Waals surface area contributed by atoms with Gasteiger partial charge in [0.2, 0.25) is 0 Å². The van der Waals surface area contributed by atoms with Crippen molar-refractivity contribution in [1.29, 1.82) is 0 Å². The minimum Gasteiger partial charge on any atom is -0.490 e. The number of ether oxygens (including phenoxy) is 2. The quantitative estimate of drug-likeness (QED) is 0.893. The number of rotatable bonds is 3. The van der Waals surface area contributed by atoms with E-state index >= 15 is 0 Å². The van der Waals surface area contributed by atoms with E-state index in [9.17, 15) is 0 Å². The van der Waals surface area contributed by atoms with Gasteiger partial charge in [0.1, 0.15) is 0 Å². The van der Waals surface area contributed by atoms with E-state index in [-0.39, 0.29) is 6.04 Å². The molecule has 0 amide bonds. The molecule has 2 aromatic carbocycles. The number of benzene rings is 2. The minimum atomic E-state index is 0.187. The van der Waals surface area contributed by atoms with Crippen LogP contribution in [0.1, 0.15) is 24.9 Å². The highest BCUT2D eigenvalue weighted by molar-refractivity contribution is 6.30. The summed E-state index contributed by atoms with van der Waals surface area (Å²) in [4.78, 5) is 0. The first-order valence-electron chi connectivity index (χ1n) is 7.14. The molecule has 0 fully saturated rings. The molecule has 1 heterocycles. The van der Waals surface area contributed by atoms with E-state index in [1.165, 1.54) is 5.56 Å². The first-order valence-corrected chi connectivity index (χ1v) is 7.52. The number of hydrogen-bond donors (Lipinski definition) is 1. The standard InChI is InChI=1S/C17H18ClNO2/c1-12(13-3-5-14(18)6-4-13)19-15-7-8-16-17(11-15)21-10-2-9-20-16/h3-8,11-12,19H,2,9-10H2,1H3. The van der Waals surface area contributed by atoms with Crippen molar-refractivity contribution in [3.05, 3.63) is 53.1 Å². The zero-order chi connectivity index (χ0) is 14.7. The molecule has 1 N–H and O–H groups in total. The molecule has 0 aliphatic carbocycles. The van der Waals surface area contributed by atoms with Gasteiger partial charge in [-0.05, 0) is 36.8 Å². The molecule has 1 aliphatic heterocycles. The van der Waals surface area contributed by atoms with Crippen LogP contribution in [0.4, 0.5) is 5.69 Å². The first kappa shape index (κ1) is 14.1. The SMILES string of the molecule is CC(Nc1ccc2c(c1)OCCCO2)c1ccc(Cl)cc1. The van der Waals surface area contributed by atoms with Gasteiger partial charge in [0, 0.05) is 29.2 Å². The Balaban J connectivity index is 1.75. The molecule has 0 radical (unpaired) electrons. The van der Waals surface area contributed by atoms with Gasteiger partial charge in [-0.3, -0.25) is 0 Å². The molecular formula is C17H18ClNO2. The van der Waals surface area contributed by atoms with Crippen molar-refractivity contribution in [2.45, 2.75) is 19.4 Å². The topological polar surface area (TPSA) is 30.5 Å². The van der Waals surface area contributed by atoms with Gasteiger partial charge in [0.25, 0.3) is 0 Å². The lowest BCUT2D eigenvalue weighted by molar-refractivity contribution is 0.297. The van der Waals surface area contributed by atoms with Crippen LogP contribution < -0.4 is 14.8 Å². The van der Waals surface area contributed by atoms with Gasteiger partial charge in [-0.15, -0.1) is 0 Å². The number of halogens is 1. The van der Waals surface area contributed by atoms with Gasteiger partial charge in [0.15, 0.2) is 11.5 Å². The Morgan fingerprint density at radius 1 is 1.00 bits per heavy atom. The van der Waals surface area contributed by atoms with Crippen molar-refractivity contribution in [2.24, 2.45) is 0 Å². The molecule has 0 bridgehead atoms. The van der Waals surface area contributed by atoms with Crippen LogP contribution in [-0.2, 0) is 0 Å². The zero-order valence-electron chi connectivity index (χ0n) is 11.9. The smallest absolute Gasteiger partial charge is 0.163 e. The average molecular weight is 304 g/mol. The van der Waals surface area contributed by atoms with Crippen LogP contribution >= 0.6 is 11.6 Å². The third-order valence-corrected chi connectivity index (χ3v) is 3.75. The van der Waals surface area contributed by atoms with E-state index in [0.29, 0.717) is 13.2 Å². The summed E-state index contributed by atoms with van der Waals surface area (Å²) in [5.41, 5.74) is 2.20. The Morgan fingerprint density at radius 3 is 2.48 bits per heavy atom. The minimum absolute atomic E-state index is 0.187. The average Bonchev–Trinajstić information content (AvgIpc) is 2.72. The van der Waals surface area contributed by atoms with Crippen LogP contribution in [0, 0.1) is 0 Å². The molecule has 0 spiro atoms. The van der Waals surface area contributed by atoms with E-state index < -0.39 is 0 Å². The predicted molar refractivity (Wildman–Crippen MR) is 85.5 cm³/mol. The molecule has 4 heteroatoms. The predicted octanol–water partition coefficient (Wildman–Crippen LogP) is 4.67. The summed E-state index contributed by atoms with van der Waals surface area (Å²) in [5.74, 6) is 1.62. The highest BCUT2D eigenvalue weighted by Gasteiger charge is 2.12. The molecule has 3 nitrogen and oxygen atoms in total. The van der Waals surface area contributed by atoms with E-state index in [1.807, 2.05) is 42.5 Å². The molecule has 21 heavy (non-hydrogen) atoms. The fourth-order valence-corrected chi connectivity index (χ4v) is 2.46. The van der Waals surface area contributed by atoms with E-state index in [0.717, 1.165) is 28.6 Å². The normalized spacial score (nSPS) is 15.1. The maximum Gasteiger partial charge on any atom is 0.163 e. The largest absolute Gasteiger partial charge is 0.490 e. The van der Waals surface area contributed by atoms with Crippen LogP contribution in [-0.4, -0.2) is 13.2 Å². The Hall–Kier alpha value is -1.87. The highest BCUT2D eigenvalue weighted by atomic mass is 35.5. The second-order valence-electron chi connectivity index (χ2n) is 5.13. The monoisotopic (exact) mass is 303 g/mol. The summed E-state index contributed by atoms with van der Waals surface area (Å²) in [6.07, 6.45) is 0.915. The van der Waals surface area contributed by atoms with Gasteiger partial charge in [-0.25, -0.2) is 0 Å². The lowest BCUT2D eigenvalue weighted by atomic mass is 10.1. The Morgan fingerprint density at radius 2 is 1.71 bits per heavy atom. The fraction of sp³-hybridized carbons (Fsp3) is 0.294. The highest BCUT2D eigenvalue weighted by Crippen LogP contribution is 2.33. The summed E-state index contributed by atoms with van der Waals surface area (Å²) < 4.78 is 11.3. The Labute approximate surface area is 129 Å². The lowest BCUT2D eigenvalue weighted by Crippen LogP contribution is -2.06. The van der Waals surface area contributed by atoms with Crippen molar-refractivity contribution in [1.82, 2.24) is 0 Å². The second-order valence-corrected chi connectivity index (χ2v) is 5.57. The summed E-state index contributed by atoms with van der Waals surface area (Å²) in [6, 6.07) is 14.0. The van der Waals surface area contributed by atoms with Crippen LogP contribution in [0.3, 0.4) is 0 Å². The fourth-order valence-electron chi connectivity index (χ4n) is 2.34. The Bertz CT molecular complexity index is 613. The van der Waals surface area contributed by atoms with Crippen molar-refractivity contribution >= 4 is 17.3 Å². The Kier molecular flexibility index (Phi) is 4.20. The number of nitrogens with one attached hydrogen (secondary N) is 1. The second kappa shape index (κ2) is 6.27. The van der Waals surface area contributed by atoms with Crippen molar-refractivity contribution in [3.63, 3.8) is 0 Å². The molecule has 0 aromatic heterocycles. The summed E-state index contributed by atoms with van der Waals surface area (Å²) >= 11 is 5.92. The van der Waals surface area contributed by atoms with Crippen molar-refractivity contribution in [2.75, 3.05) is 18.5 Å². The number of hydrogen-bond acceptors (Lipinski definition) is 3. The van der Waals surface area contributed by atoms with Crippen molar-refractivity contribution < 1.29 is 9.47 Å². The van der Waals surface area contributed by atoms with Crippen molar-refractivity contribution in [3.8, 4) is 11.5 Å². The van der Waals surface area contributed by atoms with Gasteiger partial charge in [0.05, 0.1) is 13.2 Å². The molecule has 0 saturated carbocycles. The molecule has 110 valence electrons. The molecule has 0 saturated heterocycles. The lowest BCUT2D eigenvalue weighted by Gasteiger charge is -2.17. The molecular weight excluding hydrogens is 286 g/mol. The first-order chi connectivity index (χ1) is 10.2. The molecule has 3 rings (SSSR count). The van der Waals surface area contributed by atoms with Crippen LogP contribution in [0.25, 0.3) is 0 Å². The third-order valence-electron chi connectivity index (χ3n) is 3.50. The summed E-state index contributed by atoms with van der Waals surface area (Å²) in [7, 11) is 0. The zero-order valence-corrected chi connectivity index (χ0v) is 12.7.